The Balaban J connectivity index is 1.26. The summed E-state index contributed by atoms with van der Waals surface area (Å²) in [4.78, 5) is 31.9. The maximum Gasteiger partial charge on any atom is 0.270 e. The summed E-state index contributed by atoms with van der Waals surface area (Å²) in [5.74, 6) is -0.158. The average molecular weight is 483 g/mol. The minimum absolute atomic E-state index is 0.158. The smallest absolute Gasteiger partial charge is 0.270 e. The van der Waals surface area contributed by atoms with E-state index in [1.54, 1.807) is 34.6 Å². The summed E-state index contributed by atoms with van der Waals surface area (Å²) in [5, 5.41) is 2.86. The molecule has 1 amide bonds. The fraction of sp³-hybridized carbons (Fsp3) is 0.400. The summed E-state index contributed by atoms with van der Waals surface area (Å²) in [5.41, 5.74) is 2.38. The van der Waals surface area contributed by atoms with Crippen LogP contribution >= 0.6 is 0 Å². The number of hydrogen-bond donors (Lipinski definition) is 2. The summed E-state index contributed by atoms with van der Waals surface area (Å²) < 4.78 is 27.3. The van der Waals surface area contributed by atoms with E-state index in [2.05, 4.69) is 15.3 Å². The molecule has 34 heavy (non-hydrogen) atoms. The molecule has 8 nitrogen and oxygen atoms in total. The highest BCUT2D eigenvalue weighted by molar-refractivity contribution is 7.89. The van der Waals surface area contributed by atoms with Gasteiger partial charge in [-0.1, -0.05) is 37.1 Å². The van der Waals surface area contributed by atoms with Crippen LogP contribution < -0.4 is 10.9 Å². The molecular weight excluding hydrogens is 452 g/mol. The molecule has 1 fully saturated rings. The zero-order valence-corrected chi connectivity index (χ0v) is 19.9. The molecule has 1 aromatic heterocycles. The van der Waals surface area contributed by atoms with Gasteiger partial charge in [-0.2, -0.15) is 4.31 Å². The second-order valence-corrected chi connectivity index (χ2v) is 10.5. The molecule has 0 radical (unpaired) electrons. The maximum absolute atomic E-state index is 12.9. The van der Waals surface area contributed by atoms with Crippen LogP contribution in [0.15, 0.2) is 58.2 Å². The first-order chi connectivity index (χ1) is 16.4. The van der Waals surface area contributed by atoms with Crippen molar-refractivity contribution in [3.63, 3.8) is 0 Å². The first kappa shape index (κ1) is 24.1. The highest BCUT2D eigenvalue weighted by Gasteiger charge is 2.24. The van der Waals surface area contributed by atoms with Crippen LogP contribution in [0.1, 0.15) is 43.4 Å². The lowest BCUT2D eigenvalue weighted by Crippen LogP contribution is -2.31. The van der Waals surface area contributed by atoms with Gasteiger partial charge in [-0.3, -0.25) is 9.59 Å². The molecule has 0 saturated carbocycles. The monoisotopic (exact) mass is 482 g/mol. The zero-order valence-electron chi connectivity index (χ0n) is 19.1. The van der Waals surface area contributed by atoms with Gasteiger partial charge in [-0.15, -0.1) is 0 Å². The van der Waals surface area contributed by atoms with Gasteiger partial charge in [-0.05, 0) is 49.1 Å². The number of amides is 1. The van der Waals surface area contributed by atoms with E-state index in [0.29, 0.717) is 47.7 Å². The van der Waals surface area contributed by atoms with Crippen LogP contribution in [0, 0.1) is 0 Å². The zero-order chi connectivity index (χ0) is 24.0. The van der Waals surface area contributed by atoms with Crippen LogP contribution in [0.3, 0.4) is 0 Å². The minimum Gasteiger partial charge on any atom is -0.356 e. The van der Waals surface area contributed by atoms with Crippen LogP contribution in [0.4, 0.5) is 0 Å². The third-order valence-electron chi connectivity index (χ3n) is 6.12. The van der Waals surface area contributed by atoms with Gasteiger partial charge in [0.2, 0.25) is 15.9 Å². The van der Waals surface area contributed by atoms with Gasteiger partial charge in [0.1, 0.15) is 5.69 Å². The number of aryl methyl sites for hydroxylation is 1. The number of nitrogens with zero attached hydrogens (tertiary/aromatic N) is 2. The molecule has 1 aliphatic rings. The van der Waals surface area contributed by atoms with Crippen molar-refractivity contribution in [1.82, 2.24) is 19.6 Å². The molecule has 2 aromatic carbocycles. The van der Waals surface area contributed by atoms with Crippen LogP contribution in [-0.4, -0.2) is 48.2 Å². The number of carbonyl (C=O) groups excluding carboxylic acids is 1. The largest absolute Gasteiger partial charge is 0.356 e. The van der Waals surface area contributed by atoms with E-state index in [1.807, 2.05) is 18.2 Å². The predicted molar refractivity (Wildman–Crippen MR) is 131 cm³/mol. The number of carbonyl (C=O) groups is 1. The van der Waals surface area contributed by atoms with E-state index in [1.165, 1.54) is 0 Å². The Morgan fingerprint density at radius 2 is 1.68 bits per heavy atom. The number of benzene rings is 2. The lowest BCUT2D eigenvalue weighted by atomic mass is 10.1. The molecule has 0 bridgehead atoms. The molecule has 0 unspecified atom stereocenters. The highest BCUT2D eigenvalue weighted by Crippen LogP contribution is 2.20. The number of nitrogens with one attached hydrogen (secondary N) is 2. The van der Waals surface area contributed by atoms with Crippen molar-refractivity contribution in [3.8, 4) is 0 Å². The topological polar surface area (TPSA) is 112 Å². The van der Waals surface area contributed by atoms with Gasteiger partial charge < -0.3 is 10.3 Å². The van der Waals surface area contributed by atoms with Crippen molar-refractivity contribution in [3.05, 3.63) is 70.1 Å². The molecule has 0 atom stereocenters. The highest BCUT2D eigenvalue weighted by atomic mass is 32.2. The standard InChI is InChI=1S/C25H30N4O4S/c30-24(14-13-23-25(31)28-22-8-4-3-7-21(22)27-23)26-16-15-19-9-11-20(12-10-19)34(32,33)29-17-5-1-2-6-18-29/h3-4,7-12H,1-2,5-6,13-18H2,(H,26,30)(H,28,31). The van der Waals surface area contributed by atoms with E-state index in [-0.39, 0.29) is 24.3 Å². The SMILES string of the molecule is O=C(CCc1nc2ccccc2[nH]c1=O)NCCc1ccc(S(=O)(=O)N2CCCCCC2)cc1. The molecule has 1 aliphatic heterocycles. The number of aromatic amines is 1. The summed E-state index contributed by atoms with van der Waals surface area (Å²) in [6, 6.07) is 14.2. The Morgan fingerprint density at radius 1 is 0.971 bits per heavy atom. The first-order valence-electron chi connectivity index (χ1n) is 11.8. The molecule has 2 heterocycles. The van der Waals surface area contributed by atoms with Crippen molar-refractivity contribution in [2.24, 2.45) is 0 Å². The minimum atomic E-state index is -3.46. The molecule has 9 heteroatoms. The number of sulfonamides is 1. The number of aromatic nitrogens is 2. The Bertz CT molecular complexity index is 1290. The Kier molecular flexibility index (Phi) is 7.74. The normalized spacial score (nSPS) is 15.2. The van der Waals surface area contributed by atoms with E-state index < -0.39 is 10.0 Å². The number of hydrogen-bond acceptors (Lipinski definition) is 5. The van der Waals surface area contributed by atoms with Crippen LogP contribution in [-0.2, 0) is 27.7 Å². The number of rotatable bonds is 8. The summed E-state index contributed by atoms with van der Waals surface area (Å²) >= 11 is 0. The fourth-order valence-corrected chi connectivity index (χ4v) is 5.68. The van der Waals surface area contributed by atoms with Crippen molar-refractivity contribution in [2.75, 3.05) is 19.6 Å². The quantitative estimate of drug-likeness (QED) is 0.513. The number of para-hydroxylation sites is 2. The molecule has 3 aromatic rings. The van der Waals surface area contributed by atoms with Gasteiger partial charge in [0.15, 0.2) is 0 Å². The van der Waals surface area contributed by atoms with E-state index >= 15 is 0 Å². The van der Waals surface area contributed by atoms with Crippen molar-refractivity contribution in [2.45, 2.75) is 49.8 Å². The molecule has 4 rings (SSSR count). The summed E-state index contributed by atoms with van der Waals surface area (Å²) in [6.07, 6.45) is 4.98. The second kappa shape index (κ2) is 10.9. The molecular formula is C25H30N4O4S. The molecule has 0 spiro atoms. The number of fused-ring (bicyclic) bond motifs is 1. The van der Waals surface area contributed by atoms with Gasteiger partial charge in [0, 0.05) is 32.5 Å². The molecule has 2 N–H and O–H groups in total. The summed E-state index contributed by atoms with van der Waals surface area (Å²) in [6.45, 7) is 1.59. The number of H-pyrrole nitrogens is 1. The van der Waals surface area contributed by atoms with Crippen LogP contribution in [0.2, 0.25) is 0 Å². The van der Waals surface area contributed by atoms with Gasteiger partial charge in [0.25, 0.3) is 5.56 Å². The third kappa shape index (κ3) is 5.90. The average Bonchev–Trinajstić information content (AvgIpc) is 3.13. The van der Waals surface area contributed by atoms with Crippen molar-refractivity contribution in [1.29, 1.82) is 0 Å². The van der Waals surface area contributed by atoms with Gasteiger partial charge in [0.05, 0.1) is 15.9 Å². The first-order valence-corrected chi connectivity index (χ1v) is 13.2. The Labute approximate surface area is 199 Å². The van der Waals surface area contributed by atoms with Crippen LogP contribution in [0.25, 0.3) is 11.0 Å². The van der Waals surface area contributed by atoms with Gasteiger partial charge in [-0.25, -0.2) is 13.4 Å². The maximum atomic E-state index is 12.9. The van der Waals surface area contributed by atoms with E-state index in [0.717, 1.165) is 31.2 Å². The van der Waals surface area contributed by atoms with E-state index in [9.17, 15) is 18.0 Å². The van der Waals surface area contributed by atoms with Gasteiger partial charge >= 0.3 is 0 Å². The second-order valence-electron chi connectivity index (χ2n) is 8.59. The molecule has 1 saturated heterocycles. The van der Waals surface area contributed by atoms with E-state index in [4.69, 9.17) is 0 Å². The predicted octanol–water partition coefficient (Wildman–Crippen LogP) is 2.78. The fourth-order valence-electron chi connectivity index (χ4n) is 4.16. The lowest BCUT2D eigenvalue weighted by molar-refractivity contribution is -0.121. The van der Waals surface area contributed by atoms with Crippen LogP contribution in [0.5, 0.6) is 0 Å². The molecule has 0 aliphatic carbocycles. The Hall–Kier alpha value is -3.04. The third-order valence-corrected chi connectivity index (χ3v) is 8.03. The lowest BCUT2D eigenvalue weighted by Gasteiger charge is -2.20. The summed E-state index contributed by atoms with van der Waals surface area (Å²) in [7, 11) is -3.46. The molecule has 180 valence electrons. The van der Waals surface area contributed by atoms with Crippen molar-refractivity contribution >= 4 is 27.0 Å². The Morgan fingerprint density at radius 3 is 2.41 bits per heavy atom. The van der Waals surface area contributed by atoms with Crippen molar-refractivity contribution < 1.29 is 13.2 Å².